The molecule has 0 amide bonds. The second-order valence-electron chi connectivity index (χ2n) is 4.24. The molecule has 0 saturated heterocycles. The summed E-state index contributed by atoms with van der Waals surface area (Å²) in [5.41, 5.74) is 2.80. The molecule has 0 aliphatic carbocycles. The van der Waals surface area contributed by atoms with Crippen LogP contribution in [0.25, 0.3) is 0 Å². The van der Waals surface area contributed by atoms with Crippen molar-refractivity contribution in [3.05, 3.63) is 63.9 Å². The van der Waals surface area contributed by atoms with Crippen LogP contribution in [0.5, 0.6) is 0 Å². The number of nitrogens with zero attached hydrogens (tertiary/aromatic N) is 1. The van der Waals surface area contributed by atoms with Crippen molar-refractivity contribution in [2.75, 3.05) is 5.32 Å². The third-order valence-electron chi connectivity index (χ3n) is 2.80. The van der Waals surface area contributed by atoms with Gasteiger partial charge in [0.25, 0.3) is 0 Å². The second-order valence-corrected chi connectivity index (χ2v) is 4.65. The normalized spacial score (nSPS) is 10.0. The molecule has 2 rings (SSSR count). The fourth-order valence-corrected chi connectivity index (χ4v) is 1.93. The average Bonchev–Trinajstić information content (AvgIpc) is 2.41. The number of nitrogens with one attached hydrogen (secondary N) is 1. The van der Waals surface area contributed by atoms with Gasteiger partial charge in [0.15, 0.2) is 0 Å². The number of aryl methyl sites for hydroxylation is 1. The maximum atomic E-state index is 13.1. The van der Waals surface area contributed by atoms with E-state index in [9.17, 15) is 4.39 Å². The highest BCUT2D eigenvalue weighted by atomic mass is 35.5. The maximum absolute atomic E-state index is 13.1. The highest BCUT2D eigenvalue weighted by Crippen LogP contribution is 2.23. The molecular weight excluding hydrogens is 263 g/mol. The molecule has 0 saturated carbocycles. The number of anilines is 1. The van der Waals surface area contributed by atoms with Crippen molar-refractivity contribution in [2.24, 2.45) is 0 Å². The summed E-state index contributed by atoms with van der Waals surface area (Å²) < 4.78 is 13.1. The van der Waals surface area contributed by atoms with E-state index in [1.54, 1.807) is 37.3 Å². The lowest BCUT2D eigenvalue weighted by Gasteiger charge is -2.09. The quantitative estimate of drug-likeness (QED) is 0.907. The van der Waals surface area contributed by atoms with E-state index in [-0.39, 0.29) is 5.82 Å². The van der Waals surface area contributed by atoms with Gasteiger partial charge in [-0.15, -0.1) is 0 Å². The first-order valence-electron chi connectivity index (χ1n) is 5.78. The van der Waals surface area contributed by atoms with Gasteiger partial charge in [-0.2, -0.15) is 5.26 Å². The standard InChI is InChI=1S/C15H12ClFN2/c1-10-6-12(3-5-14(10)17)9-19-15-7-11(8-18)2-4-13(15)16/h2-7,19H,9H2,1H3. The Kier molecular flexibility index (Phi) is 4.03. The van der Waals surface area contributed by atoms with Gasteiger partial charge in [-0.05, 0) is 42.3 Å². The summed E-state index contributed by atoms with van der Waals surface area (Å²) in [7, 11) is 0. The molecule has 0 radical (unpaired) electrons. The van der Waals surface area contributed by atoms with E-state index >= 15 is 0 Å². The molecule has 0 unspecified atom stereocenters. The van der Waals surface area contributed by atoms with Gasteiger partial charge in [0.2, 0.25) is 0 Å². The lowest BCUT2D eigenvalue weighted by molar-refractivity contribution is 0.617. The molecule has 0 atom stereocenters. The second kappa shape index (κ2) is 5.73. The monoisotopic (exact) mass is 274 g/mol. The zero-order valence-corrected chi connectivity index (χ0v) is 11.1. The molecule has 0 heterocycles. The van der Waals surface area contributed by atoms with E-state index in [4.69, 9.17) is 16.9 Å². The molecule has 19 heavy (non-hydrogen) atoms. The van der Waals surface area contributed by atoms with Crippen LogP contribution in [0.3, 0.4) is 0 Å². The molecule has 0 aromatic heterocycles. The fourth-order valence-electron chi connectivity index (χ4n) is 1.74. The van der Waals surface area contributed by atoms with E-state index in [1.165, 1.54) is 6.07 Å². The summed E-state index contributed by atoms with van der Waals surface area (Å²) in [5, 5.41) is 12.5. The van der Waals surface area contributed by atoms with E-state index in [0.717, 1.165) is 5.56 Å². The summed E-state index contributed by atoms with van der Waals surface area (Å²) in [4.78, 5) is 0. The Balaban J connectivity index is 2.14. The van der Waals surface area contributed by atoms with Crippen LogP contribution < -0.4 is 5.32 Å². The van der Waals surface area contributed by atoms with Gasteiger partial charge in [-0.25, -0.2) is 4.39 Å². The zero-order chi connectivity index (χ0) is 13.8. The summed E-state index contributed by atoms with van der Waals surface area (Å²) >= 11 is 6.04. The third-order valence-corrected chi connectivity index (χ3v) is 3.13. The molecule has 0 spiro atoms. The number of hydrogen-bond acceptors (Lipinski definition) is 2. The molecule has 1 N–H and O–H groups in total. The molecule has 0 fully saturated rings. The Morgan fingerprint density at radius 2 is 2.05 bits per heavy atom. The van der Waals surface area contributed by atoms with Crippen molar-refractivity contribution in [3.63, 3.8) is 0 Å². The third kappa shape index (κ3) is 3.24. The molecule has 2 nitrogen and oxygen atoms in total. The summed E-state index contributed by atoms with van der Waals surface area (Å²) in [5.74, 6) is -0.215. The van der Waals surface area contributed by atoms with Crippen LogP contribution in [-0.2, 0) is 6.54 Å². The highest BCUT2D eigenvalue weighted by Gasteiger charge is 2.03. The van der Waals surface area contributed by atoms with Gasteiger partial charge in [-0.1, -0.05) is 23.7 Å². The smallest absolute Gasteiger partial charge is 0.126 e. The van der Waals surface area contributed by atoms with Crippen LogP contribution in [0, 0.1) is 24.1 Å². The first-order chi connectivity index (χ1) is 9.10. The molecule has 4 heteroatoms. The molecular formula is C15H12ClFN2. The van der Waals surface area contributed by atoms with Crippen molar-refractivity contribution in [2.45, 2.75) is 13.5 Å². The predicted octanol–water partition coefficient (Wildman–Crippen LogP) is 4.27. The van der Waals surface area contributed by atoms with Crippen molar-refractivity contribution >= 4 is 17.3 Å². The number of halogens is 2. The van der Waals surface area contributed by atoms with Gasteiger partial charge in [0, 0.05) is 6.54 Å². The van der Waals surface area contributed by atoms with E-state index in [2.05, 4.69) is 11.4 Å². The largest absolute Gasteiger partial charge is 0.380 e. The number of hydrogen-bond donors (Lipinski definition) is 1. The Bertz CT molecular complexity index is 647. The lowest BCUT2D eigenvalue weighted by Crippen LogP contribution is -2.01. The molecule has 96 valence electrons. The number of rotatable bonds is 3. The van der Waals surface area contributed by atoms with E-state index < -0.39 is 0 Å². The summed E-state index contributed by atoms with van der Waals surface area (Å²) in [6.45, 7) is 2.25. The van der Waals surface area contributed by atoms with Gasteiger partial charge in [-0.3, -0.25) is 0 Å². The van der Waals surface area contributed by atoms with Crippen LogP contribution in [0.15, 0.2) is 36.4 Å². The van der Waals surface area contributed by atoms with Gasteiger partial charge < -0.3 is 5.32 Å². The fraction of sp³-hybridized carbons (Fsp3) is 0.133. The average molecular weight is 275 g/mol. The molecule has 0 bridgehead atoms. The molecule has 0 aliphatic rings. The maximum Gasteiger partial charge on any atom is 0.126 e. The molecule has 0 aliphatic heterocycles. The first kappa shape index (κ1) is 13.4. The van der Waals surface area contributed by atoms with Crippen molar-refractivity contribution in [1.29, 1.82) is 5.26 Å². The van der Waals surface area contributed by atoms with Crippen LogP contribution in [-0.4, -0.2) is 0 Å². The van der Waals surface area contributed by atoms with Crippen molar-refractivity contribution in [1.82, 2.24) is 0 Å². The minimum atomic E-state index is -0.215. The van der Waals surface area contributed by atoms with Crippen molar-refractivity contribution < 1.29 is 4.39 Å². The lowest BCUT2D eigenvalue weighted by atomic mass is 10.1. The van der Waals surface area contributed by atoms with Gasteiger partial charge >= 0.3 is 0 Å². The minimum absolute atomic E-state index is 0.215. The summed E-state index contributed by atoms with van der Waals surface area (Å²) in [6, 6.07) is 12.0. The Hall–Kier alpha value is -2.05. The Morgan fingerprint density at radius 1 is 1.26 bits per heavy atom. The zero-order valence-electron chi connectivity index (χ0n) is 10.4. The SMILES string of the molecule is Cc1cc(CNc2cc(C#N)ccc2Cl)ccc1F. The summed E-state index contributed by atoms with van der Waals surface area (Å²) in [6.07, 6.45) is 0. The highest BCUT2D eigenvalue weighted by molar-refractivity contribution is 6.33. The van der Waals surface area contributed by atoms with Crippen LogP contribution in [0.2, 0.25) is 5.02 Å². The van der Waals surface area contributed by atoms with E-state index in [1.807, 2.05) is 0 Å². The minimum Gasteiger partial charge on any atom is -0.380 e. The topological polar surface area (TPSA) is 35.8 Å². The van der Waals surface area contributed by atoms with Crippen molar-refractivity contribution in [3.8, 4) is 6.07 Å². The van der Waals surface area contributed by atoms with E-state index in [0.29, 0.717) is 28.4 Å². The molecule has 2 aromatic carbocycles. The Morgan fingerprint density at radius 3 is 2.74 bits per heavy atom. The first-order valence-corrected chi connectivity index (χ1v) is 6.16. The predicted molar refractivity (Wildman–Crippen MR) is 74.6 cm³/mol. The van der Waals surface area contributed by atoms with Crippen LogP contribution >= 0.6 is 11.6 Å². The number of nitriles is 1. The Labute approximate surface area is 116 Å². The molecule has 2 aromatic rings. The van der Waals surface area contributed by atoms with Gasteiger partial charge in [0.1, 0.15) is 5.82 Å². The van der Waals surface area contributed by atoms with Gasteiger partial charge in [0.05, 0.1) is 22.3 Å². The van der Waals surface area contributed by atoms with Crippen LogP contribution in [0.1, 0.15) is 16.7 Å². The van der Waals surface area contributed by atoms with Crippen LogP contribution in [0.4, 0.5) is 10.1 Å². The number of benzene rings is 2.